The number of thiophene rings is 2. The summed E-state index contributed by atoms with van der Waals surface area (Å²) in [5.74, 6) is -0.231. The summed E-state index contributed by atoms with van der Waals surface area (Å²) in [6.07, 6.45) is 3.56. The molecule has 4 heterocycles. The fraction of sp³-hybridized carbons (Fsp3) is 0.435. The third-order valence-electron chi connectivity index (χ3n) is 6.62. The number of rotatable bonds is 8. The molecule has 192 valence electrons. The maximum atomic E-state index is 13.5. The quantitative estimate of drug-likeness (QED) is 0.245. The topological polar surface area (TPSA) is 151 Å². The molecule has 0 saturated heterocycles. The number of ketones is 1. The first-order valence-corrected chi connectivity index (χ1v) is 14.6. The molecule has 5 rings (SSSR count). The zero-order valence-corrected chi connectivity index (χ0v) is 21.8. The lowest BCUT2D eigenvalue weighted by atomic mass is 10.0. The standard InChI is InChI=1S/C23H26N4O6S3/c1-12-16(21-22-13(2-4-33-21)3-5-34-22)8-19(35-12)20(29)17-10-24-11-25-23(17)27-15-6-14(18(28)7-15)9-26-36(30,31)32/h3,5,8,10-11,14-15,18,21,26,28H,2,4,6-7,9H2,1H3,(H,24,25,27)(H,30,31,32)/t14-,15-,18+,21+/m1/s1. The second-order valence-electron chi connectivity index (χ2n) is 9.01. The number of anilines is 1. The molecule has 0 unspecified atom stereocenters. The van der Waals surface area contributed by atoms with Gasteiger partial charge in [-0.15, -0.1) is 22.7 Å². The second-order valence-corrected chi connectivity index (χ2v) is 12.5. The van der Waals surface area contributed by atoms with Crippen LogP contribution in [-0.2, 0) is 21.5 Å². The molecule has 3 aromatic rings. The van der Waals surface area contributed by atoms with E-state index in [0.29, 0.717) is 35.7 Å². The molecular formula is C23H26N4O6S3. The van der Waals surface area contributed by atoms with Gasteiger partial charge in [0.25, 0.3) is 0 Å². The molecule has 1 aliphatic heterocycles. The van der Waals surface area contributed by atoms with Gasteiger partial charge in [-0.1, -0.05) is 0 Å². The Balaban J connectivity index is 1.33. The van der Waals surface area contributed by atoms with Crippen molar-refractivity contribution < 1.29 is 27.6 Å². The molecule has 0 bridgehead atoms. The Kier molecular flexibility index (Phi) is 7.23. The summed E-state index contributed by atoms with van der Waals surface area (Å²) >= 11 is 3.08. The van der Waals surface area contributed by atoms with Gasteiger partial charge in [-0.2, -0.15) is 13.1 Å². The highest BCUT2D eigenvalue weighted by Gasteiger charge is 2.34. The van der Waals surface area contributed by atoms with Crippen LogP contribution < -0.4 is 10.0 Å². The van der Waals surface area contributed by atoms with Gasteiger partial charge < -0.3 is 15.2 Å². The highest BCUT2D eigenvalue weighted by molar-refractivity contribution is 7.83. The van der Waals surface area contributed by atoms with Crippen LogP contribution in [0.4, 0.5) is 5.82 Å². The van der Waals surface area contributed by atoms with Crippen molar-refractivity contribution in [1.82, 2.24) is 14.7 Å². The molecule has 4 atom stereocenters. The molecule has 4 N–H and O–H groups in total. The number of nitrogens with zero attached hydrogens (tertiary/aromatic N) is 2. The van der Waals surface area contributed by atoms with Gasteiger partial charge in [0.2, 0.25) is 5.78 Å². The lowest BCUT2D eigenvalue weighted by molar-refractivity contribution is 0.0727. The molecular weight excluding hydrogens is 524 g/mol. The monoisotopic (exact) mass is 550 g/mol. The van der Waals surface area contributed by atoms with Crippen molar-refractivity contribution in [1.29, 1.82) is 0 Å². The fourth-order valence-corrected chi connectivity index (χ4v) is 7.28. The van der Waals surface area contributed by atoms with Crippen LogP contribution >= 0.6 is 22.7 Å². The zero-order chi connectivity index (χ0) is 25.4. The van der Waals surface area contributed by atoms with Gasteiger partial charge in [0.15, 0.2) is 0 Å². The lowest BCUT2D eigenvalue weighted by Gasteiger charge is -2.23. The van der Waals surface area contributed by atoms with Crippen LogP contribution in [-0.4, -0.2) is 59.1 Å². The first-order valence-electron chi connectivity index (χ1n) is 11.5. The van der Waals surface area contributed by atoms with E-state index in [1.165, 1.54) is 34.3 Å². The largest absolute Gasteiger partial charge is 0.393 e. The van der Waals surface area contributed by atoms with Crippen LogP contribution in [0.5, 0.6) is 0 Å². The van der Waals surface area contributed by atoms with E-state index in [1.807, 2.05) is 17.7 Å². The molecule has 0 aromatic carbocycles. The summed E-state index contributed by atoms with van der Waals surface area (Å²) in [5.41, 5.74) is 2.60. The van der Waals surface area contributed by atoms with E-state index in [4.69, 9.17) is 9.29 Å². The molecule has 1 fully saturated rings. The second kappa shape index (κ2) is 10.2. The van der Waals surface area contributed by atoms with Crippen molar-refractivity contribution in [3.8, 4) is 0 Å². The highest BCUT2D eigenvalue weighted by Crippen LogP contribution is 2.40. The number of nitrogens with one attached hydrogen (secondary N) is 2. The number of aliphatic hydroxyl groups excluding tert-OH is 1. The minimum absolute atomic E-state index is 0.0832. The van der Waals surface area contributed by atoms with Crippen molar-refractivity contribution in [2.75, 3.05) is 18.5 Å². The van der Waals surface area contributed by atoms with Gasteiger partial charge in [-0.3, -0.25) is 9.35 Å². The number of carbonyl (C=O) groups excluding carboxylic acids is 1. The minimum atomic E-state index is -4.34. The van der Waals surface area contributed by atoms with Gasteiger partial charge in [0, 0.05) is 40.0 Å². The number of hydrogen-bond donors (Lipinski definition) is 4. The highest BCUT2D eigenvalue weighted by atomic mass is 32.2. The van der Waals surface area contributed by atoms with Crippen molar-refractivity contribution in [2.24, 2.45) is 5.92 Å². The summed E-state index contributed by atoms with van der Waals surface area (Å²) in [6.45, 7) is 2.55. The van der Waals surface area contributed by atoms with E-state index in [-0.39, 0.29) is 30.4 Å². The number of aliphatic hydroxyl groups is 1. The minimum Gasteiger partial charge on any atom is -0.393 e. The van der Waals surface area contributed by atoms with Crippen molar-refractivity contribution in [3.63, 3.8) is 0 Å². The molecule has 1 aliphatic carbocycles. The van der Waals surface area contributed by atoms with Gasteiger partial charge in [0.1, 0.15) is 18.2 Å². The molecule has 13 heteroatoms. The Hall–Kier alpha value is -2.26. The third-order valence-corrected chi connectivity index (χ3v) is 9.22. The fourth-order valence-electron chi connectivity index (χ4n) is 4.83. The zero-order valence-electron chi connectivity index (χ0n) is 19.4. The van der Waals surface area contributed by atoms with Crippen LogP contribution in [0.2, 0.25) is 0 Å². The van der Waals surface area contributed by atoms with E-state index in [0.717, 1.165) is 16.9 Å². The number of hydrogen-bond acceptors (Lipinski definition) is 10. The van der Waals surface area contributed by atoms with Crippen LogP contribution in [0.15, 0.2) is 30.0 Å². The molecule has 2 aliphatic rings. The molecule has 0 spiro atoms. The van der Waals surface area contributed by atoms with Gasteiger partial charge in [-0.25, -0.2) is 9.97 Å². The lowest BCUT2D eigenvalue weighted by Crippen LogP contribution is -2.32. The molecule has 36 heavy (non-hydrogen) atoms. The third kappa shape index (κ3) is 5.37. The van der Waals surface area contributed by atoms with Gasteiger partial charge >= 0.3 is 10.3 Å². The molecule has 1 saturated carbocycles. The van der Waals surface area contributed by atoms with Gasteiger partial charge in [0.05, 0.1) is 23.2 Å². The van der Waals surface area contributed by atoms with E-state index in [2.05, 4.69) is 26.7 Å². The van der Waals surface area contributed by atoms with E-state index in [9.17, 15) is 18.3 Å². The Morgan fingerprint density at radius 3 is 2.97 bits per heavy atom. The number of carbonyl (C=O) groups is 1. The van der Waals surface area contributed by atoms with Crippen molar-refractivity contribution in [3.05, 3.63) is 61.4 Å². The number of ether oxygens (including phenoxy) is 1. The van der Waals surface area contributed by atoms with Gasteiger partial charge in [-0.05, 0) is 49.3 Å². The first-order chi connectivity index (χ1) is 17.2. The average Bonchev–Trinajstić information content (AvgIpc) is 3.55. The number of fused-ring (bicyclic) bond motifs is 1. The Morgan fingerprint density at radius 2 is 2.17 bits per heavy atom. The smallest absolute Gasteiger partial charge is 0.333 e. The van der Waals surface area contributed by atoms with Crippen LogP contribution in [0.1, 0.15) is 55.1 Å². The molecule has 0 radical (unpaired) electrons. The first kappa shape index (κ1) is 25.4. The van der Waals surface area contributed by atoms with E-state index < -0.39 is 16.4 Å². The predicted molar refractivity (Wildman–Crippen MR) is 136 cm³/mol. The Morgan fingerprint density at radius 1 is 1.33 bits per heavy atom. The summed E-state index contributed by atoms with van der Waals surface area (Å²) < 4.78 is 39.0. The molecule has 0 amide bonds. The predicted octanol–water partition coefficient (Wildman–Crippen LogP) is 2.74. The SMILES string of the molecule is Cc1sc(C(=O)c2cncnc2N[C@@H]2C[C@H](CNS(=O)(=O)O)[C@@H](O)C2)cc1[C@@H]1OCCc2ccsc21. The average molecular weight is 551 g/mol. The summed E-state index contributed by atoms with van der Waals surface area (Å²) in [5, 5.41) is 15.6. The summed E-state index contributed by atoms with van der Waals surface area (Å²) in [7, 11) is -4.34. The molecule has 10 nitrogen and oxygen atoms in total. The van der Waals surface area contributed by atoms with Crippen LogP contribution in [0.25, 0.3) is 0 Å². The van der Waals surface area contributed by atoms with Crippen molar-refractivity contribution in [2.45, 2.75) is 44.4 Å². The summed E-state index contributed by atoms with van der Waals surface area (Å²) in [4.78, 5) is 24.6. The maximum Gasteiger partial charge on any atom is 0.333 e. The number of aryl methyl sites for hydroxylation is 1. The molecule has 3 aromatic heterocycles. The maximum absolute atomic E-state index is 13.5. The summed E-state index contributed by atoms with van der Waals surface area (Å²) in [6, 6.07) is 3.80. The number of aromatic nitrogens is 2. The van der Waals surface area contributed by atoms with E-state index in [1.54, 1.807) is 11.3 Å². The Labute approximate surface area is 216 Å². The normalized spacial score (nSPS) is 24.0. The Bertz CT molecular complexity index is 1370. The van der Waals surface area contributed by atoms with Crippen molar-refractivity contribution >= 4 is 44.6 Å². The van der Waals surface area contributed by atoms with Crippen LogP contribution in [0, 0.1) is 12.8 Å². The van der Waals surface area contributed by atoms with Crippen LogP contribution in [0.3, 0.4) is 0 Å². The van der Waals surface area contributed by atoms with E-state index >= 15 is 0 Å².